The molecule has 0 spiro atoms. The molecule has 1 fully saturated rings. The number of hydrogen-bond acceptors (Lipinski definition) is 4. The van der Waals surface area contributed by atoms with Gasteiger partial charge in [0.25, 0.3) is 5.91 Å². The predicted molar refractivity (Wildman–Crippen MR) is 112 cm³/mol. The summed E-state index contributed by atoms with van der Waals surface area (Å²) in [5.41, 5.74) is 2.74. The van der Waals surface area contributed by atoms with Gasteiger partial charge in [-0.3, -0.25) is 4.79 Å². The SMILES string of the molecule is CC(C)c1cc(Nc2ccc(C#N)c(Cl)c2)ncc1C(=O)NCC1CCCC1. The van der Waals surface area contributed by atoms with Gasteiger partial charge in [-0.2, -0.15) is 5.26 Å². The Morgan fingerprint density at radius 3 is 2.71 bits per heavy atom. The summed E-state index contributed by atoms with van der Waals surface area (Å²) < 4.78 is 0. The number of hydrogen-bond donors (Lipinski definition) is 2. The molecule has 146 valence electrons. The lowest BCUT2D eigenvalue weighted by Crippen LogP contribution is -2.29. The molecule has 0 bridgehead atoms. The summed E-state index contributed by atoms with van der Waals surface area (Å²) in [5.74, 6) is 1.36. The fourth-order valence-electron chi connectivity index (χ4n) is 3.58. The Morgan fingerprint density at radius 1 is 1.32 bits per heavy atom. The lowest BCUT2D eigenvalue weighted by atomic mass is 9.98. The van der Waals surface area contributed by atoms with Gasteiger partial charge in [0.2, 0.25) is 0 Å². The van der Waals surface area contributed by atoms with Gasteiger partial charge in [-0.25, -0.2) is 4.98 Å². The van der Waals surface area contributed by atoms with E-state index in [1.54, 1.807) is 24.4 Å². The highest BCUT2D eigenvalue weighted by atomic mass is 35.5. The Hall–Kier alpha value is -2.58. The van der Waals surface area contributed by atoms with Crippen molar-refractivity contribution in [2.45, 2.75) is 45.4 Å². The van der Waals surface area contributed by atoms with Gasteiger partial charge in [0, 0.05) is 18.4 Å². The highest BCUT2D eigenvalue weighted by molar-refractivity contribution is 6.32. The van der Waals surface area contributed by atoms with Gasteiger partial charge in [0.05, 0.1) is 16.1 Å². The zero-order chi connectivity index (χ0) is 20.1. The minimum Gasteiger partial charge on any atom is -0.352 e. The van der Waals surface area contributed by atoms with Gasteiger partial charge in [-0.05, 0) is 54.5 Å². The van der Waals surface area contributed by atoms with Crippen molar-refractivity contribution in [2.24, 2.45) is 5.92 Å². The van der Waals surface area contributed by atoms with Crippen LogP contribution in [0, 0.1) is 17.2 Å². The average molecular weight is 397 g/mol. The highest BCUT2D eigenvalue weighted by Crippen LogP contribution is 2.27. The molecule has 1 aliphatic carbocycles. The van der Waals surface area contributed by atoms with Crippen LogP contribution in [-0.4, -0.2) is 17.4 Å². The van der Waals surface area contributed by atoms with Crippen molar-refractivity contribution in [2.75, 3.05) is 11.9 Å². The summed E-state index contributed by atoms with van der Waals surface area (Å²) in [4.78, 5) is 17.1. The summed E-state index contributed by atoms with van der Waals surface area (Å²) in [6.45, 7) is 4.86. The van der Waals surface area contributed by atoms with Crippen molar-refractivity contribution in [3.8, 4) is 6.07 Å². The first kappa shape index (κ1) is 20.2. The normalized spacial score (nSPS) is 14.1. The second-order valence-electron chi connectivity index (χ2n) is 7.60. The van der Waals surface area contributed by atoms with Crippen LogP contribution < -0.4 is 10.6 Å². The smallest absolute Gasteiger partial charge is 0.253 e. The quantitative estimate of drug-likeness (QED) is 0.685. The largest absolute Gasteiger partial charge is 0.352 e. The molecule has 1 heterocycles. The third-order valence-corrected chi connectivity index (χ3v) is 5.50. The molecule has 0 saturated heterocycles. The highest BCUT2D eigenvalue weighted by Gasteiger charge is 2.19. The number of carbonyl (C=O) groups excluding carboxylic acids is 1. The molecule has 5 nitrogen and oxygen atoms in total. The van der Waals surface area contributed by atoms with E-state index in [1.165, 1.54) is 25.7 Å². The number of carbonyl (C=O) groups is 1. The molecule has 0 unspecified atom stereocenters. The van der Waals surface area contributed by atoms with Crippen molar-refractivity contribution < 1.29 is 4.79 Å². The molecule has 1 saturated carbocycles. The van der Waals surface area contributed by atoms with Crippen molar-refractivity contribution in [3.05, 3.63) is 52.2 Å². The van der Waals surface area contributed by atoms with Crippen LogP contribution in [0.4, 0.5) is 11.5 Å². The number of rotatable bonds is 6. The number of amides is 1. The number of halogens is 1. The summed E-state index contributed by atoms with van der Waals surface area (Å²) >= 11 is 6.10. The average Bonchev–Trinajstić information content (AvgIpc) is 3.20. The Labute approximate surface area is 171 Å². The minimum absolute atomic E-state index is 0.0592. The number of nitrogens with one attached hydrogen (secondary N) is 2. The van der Waals surface area contributed by atoms with Crippen molar-refractivity contribution in [1.82, 2.24) is 10.3 Å². The van der Waals surface area contributed by atoms with Gasteiger partial charge >= 0.3 is 0 Å². The molecule has 1 aliphatic rings. The van der Waals surface area contributed by atoms with Gasteiger partial charge in [-0.15, -0.1) is 0 Å². The maximum absolute atomic E-state index is 12.7. The molecular formula is C22H25ClN4O. The van der Waals surface area contributed by atoms with Gasteiger partial charge in [0.15, 0.2) is 0 Å². The molecule has 2 aromatic rings. The van der Waals surface area contributed by atoms with Crippen LogP contribution >= 0.6 is 11.6 Å². The second kappa shape index (κ2) is 9.07. The number of aromatic nitrogens is 1. The third kappa shape index (κ3) is 4.82. The first-order valence-electron chi connectivity index (χ1n) is 9.72. The number of nitrogens with zero attached hydrogens (tertiary/aromatic N) is 2. The monoisotopic (exact) mass is 396 g/mol. The van der Waals surface area contributed by atoms with E-state index in [1.807, 2.05) is 12.1 Å². The summed E-state index contributed by atoms with van der Waals surface area (Å²) in [6, 6.07) is 9.09. The summed E-state index contributed by atoms with van der Waals surface area (Å²) in [6.07, 6.45) is 6.56. The van der Waals surface area contributed by atoms with E-state index in [4.69, 9.17) is 16.9 Å². The van der Waals surface area contributed by atoms with Crippen LogP contribution in [0.25, 0.3) is 0 Å². The molecule has 1 aromatic carbocycles. The number of benzene rings is 1. The van der Waals surface area contributed by atoms with Crippen LogP contribution in [0.15, 0.2) is 30.5 Å². The zero-order valence-electron chi connectivity index (χ0n) is 16.3. The Balaban J connectivity index is 1.75. The van der Waals surface area contributed by atoms with Gasteiger partial charge < -0.3 is 10.6 Å². The summed E-state index contributed by atoms with van der Waals surface area (Å²) in [5, 5.41) is 15.7. The van der Waals surface area contributed by atoms with Crippen LogP contribution in [0.2, 0.25) is 5.02 Å². The minimum atomic E-state index is -0.0592. The van der Waals surface area contributed by atoms with Gasteiger partial charge in [0.1, 0.15) is 11.9 Å². The fourth-order valence-corrected chi connectivity index (χ4v) is 3.81. The maximum atomic E-state index is 12.7. The van der Waals surface area contributed by atoms with E-state index in [0.29, 0.717) is 27.9 Å². The maximum Gasteiger partial charge on any atom is 0.253 e. The van der Waals surface area contributed by atoms with E-state index in [0.717, 1.165) is 17.8 Å². The van der Waals surface area contributed by atoms with Crippen LogP contribution in [0.3, 0.4) is 0 Å². The van der Waals surface area contributed by atoms with Crippen LogP contribution in [0.1, 0.15) is 66.9 Å². The summed E-state index contributed by atoms with van der Waals surface area (Å²) in [7, 11) is 0. The van der Waals surface area contributed by atoms with E-state index in [9.17, 15) is 4.79 Å². The van der Waals surface area contributed by atoms with E-state index < -0.39 is 0 Å². The molecule has 2 N–H and O–H groups in total. The lowest BCUT2D eigenvalue weighted by Gasteiger charge is -2.16. The number of pyridine rings is 1. The molecule has 0 aliphatic heterocycles. The molecule has 3 rings (SSSR count). The van der Waals surface area contributed by atoms with Crippen molar-refractivity contribution >= 4 is 29.0 Å². The van der Waals surface area contributed by atoms with E-state index >= 15 is 0 Å². The van der Waals surface area contributed by atoms with Gasteiger partial charge in [-0.1, -0.05) is 38.3 Å². The van der Waals surface area contributed by atoms with Crippen LogP contribution in [0.5, 0.6) is 0 Å². The molecule has 6 heteroatoms. The molecule has 1 amide bonds. The molecule has 0 radical (unpaired) electrons. The molecular weight excluding hydrogens is 372 g/mol. The van der Waals surface area contributed by atoms with E-state index in [-0.39, 0.29) is 11.8 Å². The first-order valence-corrected chi connectivity index (χ1v) is 10.1. The van der Waals surface area contributed by atoms with Crippen molar-refractivity contribution in [1.29, 1.82) is 5.26 Å². The third-order valence-electron chi connectivity index (χ3n) is 5.19. The number of anilines is 2. The fraction of sp³-hybridized carbons (Fsp3) is 0.409. The van der Waals surface area contributed by atoms with Crippen molar-refractivity contribution in [3.63, 3.8) is 0 Å². The Kier molecular flexibility index (Phi) is 6.53. The standard InChI is InChI=1S/C22H25ClN4O/c1-14(2)18-10-21(27-17-8-7-16(11-24)20(23)9-17)25-13-19(18)22(28)26-12-15-5-3-4-6-15/h7-10,13-15H,3-6,12H2,1-2H3,(H,25,27)(H,26,28). The van der Waals surface area contributed by atoms with Crippen LogP contribution in [-0.2, 0) is 0 Å². The van der Waals surface area contributed by atoms with E-state index in [2.05, 4.69) is 29.5 Å². The predicted octanol–water partition coefficient (Wildman–Crippen LogP) is 5.39. The zero-order valence-corrected chi connectivity index (χ0v) is 17.0. The second-order valence-corrected chi connectivity index (χ2v) is 8.01. The topological polar surface area (TPSA) is 77.8 Å². The number of nitriles is 1. The molecule has 0 atom stereocenters. The first-order chi connectivity index (χ1) is 13.5. The Bertz CT molecular complexity index is 898. The Morgan fingerprint density at radius 2 is 2.07 bits per heavy atom. The molecule has 1 aromatic heterocycles. The molecule has 28 heavy (non-hydrogen) atoms. The lowest BCUT2D eigenvalue weighted by molar-refractivity contribution is 0.0945.